The van der Waals surface area contributed by atoms with E-state index in [9.17, 15) is 9.59 Å². The summed E-state index contributed by atoms with van der Waals surface area (Å²) in [6.45, 7) is 4.11. The molecule has 1 aromatic heterocycles. The van der Waals surface area contributed by atoms with Crippen molar-refractivity contribution in [2.45, 2.75) is 43.9 Å². The molecule has 8 heteroatoms. The van der Waals surface area contributed by atoms with Gasteiger partial charge in [-0.1, -0.05) is 11.8 Å². The van der Waals surface area contributed by atoms with Gasteiger partial charge in [-0.3, -0.25) is 9.36 Å². The molecule has 1 aromatic rings. The minimum Gasteiger partial charge on any atom is -0.468 e. The Labute approximate surface area is 115 Å². The zero-order valence-corrected chi connectivity index (χ0v) is 12.2. The van der Waals surface area contributed by atoms with E-state index in [2.05, 4.69) is 14.9 Å². The Morgan fingerprint density at radius 1 is 1.63 bits per heavy atom. The van der Waals surface area contributed by atoms with Gasteiger partial charge in [-0.05, 0) is 26.7 Å². The average Bonchev–Trinajstić information content (AvgIpc) is 2.74. The lowest BCUT2D eigenvalue weighted by Crippen LogP contribution is -2.45. The van der Waals surface area contributed by atoms with Crippen molar-refractivity contribution < 1.29 is 9.53 Å². The van der Waals surface area contributed by atoms with Gasteiger partial charge in [-0.25, -0.2) is 9.89 Å². The third-order valence-corrected chi connectivity index (χ3v) is 3.83. The van der Waals surface area contributed by atoms with Gasteiger partial charge in [0.05, 0.1) is 7.11 Å². The maximum Gasteiger partial charge on any atom is 0.343 e. The number of carbonyl (C=O) groups is 1. The van der Waals surface area contributed by atoms with Gasteiger partial charge in [0.25, 0.3) is 0 Å². The topological polar surface area (TPSA) is 103 Å². The smallest absolute Gasteiger partial charge is 0.343 e. The van der Waals surface area contributed by atoms with Crippen LogP contribution in [0.4, 0.5) is 0 Å². The summed E-state index contributed by atoms with van der Waals surface area (Å²) >= 11 is 1.47. The minimum atomic E-state index is -0.967. The molecule has 0 aliphatic rings. The Morgan fingerprint density at radius 2 is 2.32 bits per heavy atom. The number of aromatic amines is 1. The molecule has 108 valence electrons. The van der Waals surface area contributed by atoms with Gasteiger partial charge in [0.15, 0.2) is 5.16 Å². The zero-order chi connectivity index (χ0) is 14.5. The number of ether oxygens (including phenoxy) is 1. The van der Waals surface area contributed by atoms with Gasteiger partial charge >= 0.3 is 11.7 Å². The third kappa shape index (κ3) is 4.10. The summed E-state index contributed by atoms with van der Waals surface area (Å²) in [4.78, 5) is 22.7. The molecule has 0 saturated heterocycles. The highest BCUT2D eigenvalue weighted by Gasteiger charge is 2.28. The second-order valence-electron chi connectivity index (χ2n) is 4.42. The number of aromatic nitrogens is 3. The number of nitrogens with two attached hydrogens (primary N) is 1. The summed E-state index contributed by atoms with van der Waals surface area (Å²) in [6.07, 6.45) is 1.25. The minimum absolute atomic E-state index is 0.205. The molecule has 0 aromatic carbocycles. The van der Waals surface area contributed by atoms with Crippen LogP contribution in [0, 0.1) is 0 Å². The fourth-order valence-electron chi connectivity index (χ4n) is 1.63. The SMILES string of the molecule is CCn1c(SCCCC(C)(N)C(=O)OC)n[nH]c1=O. The largest absolute Gasteiger partial charge is 0.468 e. The number of H-pyrrole nitrogens is 1. The molecule has 0 fully saturated rings. The maximum atomic E-state index is 11.4. The lowest BCUT2D eigenvalue weighted by molar-refractivity contribution is -0.146. The number of nitrogens with one attached hydrogen (secondary N) is 1. The monoisotopic (exact) mass is 288 g/mol. The van der Waals surface area contributed by atoms with Gasteiger partial charge in [-0.2, -0.15) is 0 Å². The van der Waals surface area contributed by atoms with Crippen LogP contribution in [0.1, 0.15) is 26.7 Å². The van der Waals surface area contributed by atoms with Crippen molar-refractivity contribution >= 4 is 17.7 Å². The van der Waals surface area contributed by atoms with Gasteiger partial charge < -0.3 is 10.5 Å². The van der Waals surface area contributed by atoms with E-state index in [1.807, 2.05) is 6.92 Å². The van der Waals surface area contributed by atoms with Gasteiger partial charge in [0, 0.05) is 12.3 Å². The number of nitrogens with zero attached hydrogens (tertiary/aromatic N) is 2. The summed E-state index contributed by atoms with van der Waals surface area (Å²) in [5.74, 6) is 0.316. The molecule has 0 aliphatic heterocycles. The Kier molecular flexibility index (Phi) is 5.61. The number of hydrogen-bond donors (Lipinski definition) is 2. The quantitative estimate of drug-likeness (QED) is 0.426. The molecule has 1 atom stereocenters. The van der Waals surface area contributed by atoms with Crippen LogP contribution in [-0.2, 0) is 16.1 Å². The van der Waals surface area contributed by atoms with Gasteiger partial charge in [-0.15, -0.1) is 5.10 Å². The van der Waals surface area contributed by atoms with Crippen molar-refractivity contribution in [3.8, 4) is 0 Å². The summed E-state index contributed by atoms with van der Waals surface area (Å²) in [5.41, 5.74) is 4.68. The number of rotatable bonds is 7. The van der Waals surface area contributed by atoms with E-state index < -0.39 is 11.5 Å². The zero-order valence-electron chi connectivity index (χ0n) is 11.4. The van der Waals surface area contributed by atoms with E-state index in [1.165, 1.54) is 18.9 Å². The predicted molar refractivity (Wildman–Crippen MR) is 73.1 cm³/mol. The average molecular weight is 288 g/mol. The van der Waals surface area contributed by atoms with Gasteiger partial charge in [0.2, 0.25) is 0 Å². The standard InChI is InChI=1S/C11H20N4O3S/c1-4-15-9(17)13-14-10(15)19-7-5-6-11(2,12)8(16)18-3/h4-7,12H2,1-3H3,(H,13,17). The molecule has 0 saturated carbocycles. The first-order chi connectivity index (χ1) is 8.92. The van der Waals surface area contributed by atoms with Crippen molar-refractivity contribution in [1.29, 1.82) is 0 Å². The Bertz CT molecular complexity index is 481. The second-order valence-corrected chi connectivity index (χ2v) is 5.48. The lowest BCUT2D eigenvalue weighted by atomic mass is 9.98. The van der Waals surface area contributed by atoms with E-state index in [4.69, 9.17) is 5.73 Å². The number of esters is 1. The van der Waals surface area contributed by atoms with E-state index in [0.29, 0.717) is 18.1 Å². The van der Waals surface area contributed by atoms with Crippen molar-refractivity contribution in [1.82, 2.24) is 14.8 Å². The maximum absolute atomic E-state index is 11.4. The first-order valence-corrected chi connectivity index (χ1v) is 7.06. The first-order valence-electron chi connectivity index (χ1n) is 6.07. The van der Waals surface area contributed by atoms with Crippen LogP contribution in [0.5, 0.6) is 0 Å². The molecule has 0 radical (unpaired) electrons. The molecule has 0 spiro atoms. The van der Waals surface area contributed by atoms with Crippen LogP contribution in [0.2, 0.25) is 0 Å². The van der Waals surface area contributed by atoms with Crippen LogP contribution in [0.15, 0.2) is 9.95 Å². The summed E-state index contributed by atoms with van der Waals surface area (Å²) in [7, 11) is 1.33. The Balaban J connectivity index is 2.43. The molecule has 1 unspecified atom stereocenters. The molecular weight excluding hydrogens is 268 g/mol. The highest BCUT2D eigenvalue weighted by atomic mass is 32.2. The van der Waals surface area contributed by atoms with Crippen molar-refractivity contribution in [3.05, 3.63) is 10.5 Å². The third-order valence-electron chi connectivity index (χ3n) is 2.76. The predicted octanol–water partition coefficient (Wildman–Crippen LogP) is 0.354. The number of methoxy groups -OCH3 is 1. The highest BCUT2D eigenvalue weighted by molar-refractivity contribution is 7.99. The van der Waals surface area contributed by atoms with Crippen LogP contribution >= 0.6 is 11.8 Å². The summed E-state index contributed by atoms with van der Waals surface area (Å²) in [6, 6.07) is 0. The molecule has 1 heterocycles. The molecule has 0 bridgehead atoms. The fraction of sp³-hybridized carbons (Fsp3) is 0.727. The van der Waals surface area contributed by atoms with Crippen molar-refractivity contribution in [2.75, 3.05) is 12.9 Å². The molecule has 0 aliphatic carbocycles. The van der Waals surface area contributed by atoms with Crippen molar-refractivity contribution in [2.24, 2.45) is 5.73 Å². The molecule has 19 heavy (non-hydrogen) atoms. The van der Waals surface area contributed by atoms with Crippen LogP contribution in [-0.4, -0.2) is 39.1 Å². The Hall–Kier alpha value is -1.28. The van der Waals surface area contributed by atoms with E-state index >= 15 is 0 Å². The number of hydrogen-bond acceptors (Lipinski definition) is 6. The van der Waals surface area contributed by atoms with Crippen LogP contribution in [0.3, 0.4) is 0 Å². The van der Waals surface area contributed by atoms with E-state index in [-0.39, 0.29) is 5.69 Å². The second kappa shape index (κ2) is 6.76. The highest BCUT2D eigenvalue weighted by Crippen LogP contribution is 2.18. The molecular formula is C11H20N4O3S. The van der Waals surface area contributed by atoms with E-state index in [0.717, 1.165) is 12.2 Å². The molecule has 7 nitrogen and oxygen atoms in total. The van der Waals surface area contributed by atoms with Crippen molar-refractivity contribution in [3.63, 3.8) is 0 Å². The Morgan fingerprint density at radius 3 is 2.89 bits per heavy atom. The number of carbonyl (C=O) groups excluding carboxylic acids is 1. The summed E-state index contributed by atoms with van der Waals surface area (Å²) < 4.78 is 6.20. The van der Waals surface area contributed by atoms with Gasteiger partial charge in [0.1, 0.15) is 5.54 Å². The molecule has 1 rings (SSSR count). The lowest BCUT2D eigenvalue weighted by Gasteiger charge is -2.20. The van der Waals surface area contributed by atoms with Crippen LogP contribution in [0.25, 0.3) is 0 Å². The molecule has 3 N–H and O–H groups in total. The van der Waals surface area contributed by atoms with E-state index in [1.54, 1.807) is 11.5 Å². The molecule has 0 amide bonds. The summed E-state index contributed by atoms with van der Waals surface area (Å²) in [5, 5.41) is 7.00. The normalized spacial score (nSPS) is 14.1. The number of thioether (sulfide) groups is 1. The fourth-order valence-corrected chi connectivity index (χ4v) is 2.58. The van der Waals surface area contributed by atoms with Crippen LogP contribution < -0.4 is 11.4 Å². The first kappa shape index (κ1) is 15.8.